The van der Waals surface area contributed by atoms with E-state index in [1.807, 2.05) is 42.5 Å². The van der Waals surface area contributed by atoms with E-state index in [9.17, 15) is 4.79 Å². The lowest BCUT2D eigenvalue weighted by Gasteiger charge is -2.01. The summed E-state index contributed by atoms with van der Waals surface area (Å²) in [5, 5.41) is 0. The average Bonchev–Trinajstić information content (AvgIpc) is 2.46. The first-order valence-corrected chi connectivity index (χ1v) is 6.25. The fourth-order valence-electron chi connectivity index (χ4n) is 1.65. The summed E-state index contributed by atoms with van der Waals surface area (Å²) < 4.78 is 0. The van der Waals surface area contributed by atoms with E-state index in [1.165, 1.54) is 11.6 Å². The third-order valence-corrected chi connectivity index (χ3v) is 2.87. The molecule has 2 aromatic rings. The summed E-state index contributed by atoms with van der Waals surface area (Å²) in [6.45, 7) is 0. The Morgan fingerprint density at radius 1 is 0.944 bits per heavy atom. The first kappa shape index (κ1) is 12.6. The fraction of sp³-hybridized carbons (Fsp3) is 0.0625. The van der Waals surface area contributed by atoms with Crippen LogP contribution < -0.4 is 0 Å². The van der Waals surface area contributed by atoms with Gasteiger partial charge in [-0.15, -0.1) is 11.6 Å². The van der Waals surface area contributed by atoms with Crippen LogP contribution in [0.3, 0.4) is 0 Å². The standard InChI is InChI=1S/C16H13ClO/c17-12-16(18)11-8-13-6-9-15(10-7-13)14-4-2-1-3-5-14/h1-11H,12H2. The maximum atomic E-state index is 11.1. The zero-order valence-electron chi connectivity index (χ0n) is 9.84. The Hall–Kier alpha value is -1.86. The minimum absolute atomic E-state index is 0.0264. The molecule has 90 valence electrons. The van der Waals surface area contributed by atoms with Crippen LogP contribution in [-0.2, 0) is 4.79 Å². The maximum absolute atomic E-state index is 11.1. The van der Waals surface area contributed by atoms with Crippen LogP contribution >= 0.6 is 11.6 Å². The lowest BCUT2D eigenvalue weighted by atomic mass is 10.0. The molecular formula is C16H13ClO. The van der Waals surface area contributed by atoms with E-state index < -0.39 is 0 Å². The SMILES string of the molecule is O=C(C=Cc1ccc(-c2ccccc2)cc1)CCl. The number of carbonyl (C=O) groups is 1. The van der Waals surface area contributed by atoms with Crippen molar-refractivity contribution in [3.63, 3.8) is 0 Å². The van der Waals surface area contributed by atoms with Crippen molar-refractivity contribution in [3.05, 3.63) is 66.2 Å². The molecule has 0 heterocycles. The fourth-order valence-corrected chi connectivity index (χ4v) is 1.74. The quantitative estimate of drug-likeness (QED) is 0.593. The summed E-state index contributed by atoms with van der Waals surface area (Å²) in [6.07, 6.45) is 3.28. The molecule has 0 fully saturated rings. The van der Waals surface area contributed by atoms with E-state index in [-0.39, 0.29) is 11.7 Å². The van der Waals surface area contributed by atoms with Crippen molar-refractivity contribution >= 4 is 23.5 Å². The number of rotatable bonds is 4. The minimum Gasteiger partial charge on any atom is -0.294 e. The Morgan fingerprint density at radius 3 is 2.17 bits per heavy atom. The van der Waals surface area contributed by atoms with Crippen molar-refractivity contribution < 1.29 is 4.79 Å². The van der Waals surface area contributed by atoms with Gasteiger partial charge in [-0.25, -0.2) is 0 Å². The number of hydrogen-bond acceptors (Lipinski definition) is 1. The van der Waals surface area contributed by atoms with Gasteiger partial charge in [0.05, 0.1) is 5.88 Å². The van der Waals surface area contributed by atoms with Crippen molar-refractivity contribution in [2.75, 3.05) is 5.88 Å². The van der Waals surface area contributed by atoms with Crippen LogP contribution in [0.4, 0.5) is 0 Å². The molecule has 0 radical (unpaired) electrons. The van der Waals surface area contributed by atoms with Crippen molar-refractivity contribution in [2.24, 2.45) is 0 Å². The van der Waals surface area contributed by atoms with Gasteiger partial charge in [0.2, 0.25) is 0 Å². The van der Waals surface area contributed by atoms with E-state index in [4.69, 9.17) is 11.6 Å². The molecule has 0 aromatic heterocycles. The number of benzene rings is 2. The minimum atomic E-state index is -0.0798. The van der Waals surface area contributed by atoms with E-state index in [2.05, 4.69) is 12.1 Å². The van der Waals surface area contributed by atoms with Crippen LogP contribution in [0, 0.1) is 0 Å². The number of carbonyl (C=O) groups excluding carboxylic acids is 1. The van der Waals surface area contributed by atoms with Gasteiger partial charge in [-0.1, -0.05) is 60.7 Å². The van der Waals surface area contributed by atoms with Crippen LogP contribution in [-0.4, -0.2) is 11.7 Å². The Bertz CT molecular complexity index is 541. The van der Waals surface area contributed by atoms with Crippen molar-refractivity contribution in [1.29, 1.82) is 0 Å². The molecule has 1 nitrogen and oxygen atoms in total. The first-order chi connectivity index (χ1) is 8.79. The Labute approximate surface area is 112 Å². The van der Waals surface area contributed by atoms with Crippen LogP contribution in [0.15, 0.2) is 60.7 Å². The molecule has 0 aliphatic carbocycles. The molecule has 0 N–H and O–H groups in total. The third-order valence-electron chi connectivity index (χ3n) is 2.61. The Morgan fingerprint density at radius 2 is 1.56 bits per heavy atom. The molecule has 0 saturated heterocycles. The molecule has 0 amide bonds. The molecule has 2 rings (SSSR count). The van der Waals surface area contributed by atoms with Crippen molar-refractivity contribution in [3.8, 4) is 11.1 Å². The largest absolute Gasteiger partial charge is 0.294 e. The van der Waals surface area contributed by atoms with Gasteiger partial charge in [0.1, 0.15) is 0 Å². The molecule has 0 spiro atoms. The smallest absolute Gasteiger partial charge is 0.170 e. The molecule has 2 heteroatoms. The summed E-state index contributed by atoms with van der Waals surface area (Å²) >= 11 is 5.42. The van der Waals surface area contributed by atoms with Gasteiger partial charge in [-0.3, -0.25) is 4.79 Å². The molecular weight excluding hydrogens is 244 g/mol. The van der Waals surface area contributed by atoms with Gasteiger partial charge in [-0.05, 0) is 22.8 Å². The monoisotopic (exact) mass is 256 g/mol. The summed E-state index contributed by atoms with van der Waals surface area (Å²) in [5.41, 5.74) is 3.34. The van der Waals surface area contributed by atoms with Gasteiger partial charge in [-0.2, -0.15) is 0 Å². The first-order valence-electron chi connectivity index (χ1n) is 5.72. The van der Waals surface area contributed by atoms with Crippen LogP contribution in [0.5, 0.6) is 0 Å². The zero-order valence-corrected chi connectivity index (χ0v) is 10.6. The lowest BCUT2D eigenvalue weighted by molar-refractivity contribution is -0.112. The summed E-state index contributed by atoms with van der Waals surface area (Å²) in [7, 11) is 0. The topological polar surface area (TPSA) is 17.1 Å². The number of hydrogen-bond donors (Lipinski definition) is 0. The predicted molar refractivity (Wildman–Crippen MR) is 76.6 cm³/mol. The second-order valence-electron chi connectivity index (χ2n) is 3.92. The summed E-state index contributed by atoms with van der Waals surface area (Å²) in [5.74, 6) is -0.0534. The number of halogens is 1. The average molecular weight is 257 g/mol. The maximum Gasteiger partial charge on any atom is 0.170 e. The van der Waals surface area contributed by atoms with E-state index in [0.717, 1.165) is 11.1 Å². The van der Waals surface area contributed by atoms with E-state index in [0.29, 0.717) is 0 Å². The Balaban J connectivity index is 2.16. The highest BCUT2D eigenvalue weighted by atomic mass is 35.5. The molecule has 0 aliphatic heterocycles. The lowest BCUT2D eigenvalue weighted by Crippen LogP contribution is -1.91. The van der Waals surface area contributed by atoms with Crippen LogP contribution in [0.2, 0.25) is 0 Å². The van der Waals surface area contributed by atoms with Gasteiger partial charge < -0.3 is 0 Å². The number of ketones is 1. The van der Waals surface area contributed by atoms with Crippen molar-refractivity contribution in [1.82, 2.24) is 0 Å². The van der Waals surface area contributed by atoms with Gasteiger partial charge in [0, 0.05) is 0 Å². The number of alkyl halides is 1. The van der Waals surface area contributed by atoms with Gasteiger partial charge in [0.15, 0.2) is 5.78 Å². The molecule has 0 unspecified atom stereocenters. The highest BCUT2D eigenvalue weighted by molar-refractivity contribution is 6.29. The molecule has 18 heavy (non-hydrogen) atoms. The van der Waals surface area contributed by atoms with Crippen LogP contribution in [0.25, 0.3) is 17.2 Å². The second kappa shape index (κ2) is 6.18. The van der Waals surface area contributed by atoms with Crippen LogP contribution in [0.1, 0.15) is 5.56 Å². The highest BCUT2D eigenvalue weighted by Crippen LogP contribution is 2.19. The molecule has 2 aromatic carbocycles. The molecule has 0 atom stereocenters. The normalized spacial score (nSPS) is 10.7. The highest BCUT2D eigenvalue weighted by Gasteiger charge is 1.96. The summed E-state index contributed by atoms with van der Waals surface area (Å²) in [4.78, 5) is 11.1. The van der Waals surface area contributed by atoms with Crippen molar-refractivity contribution in [2.45, 2.75) is 0 Å². The summed E-state index contributed by atoms with van der Waals surface area (Å²) in [6, 6.07) is 18.2. The Kier molecular flexibility index (Phi) is 4.32. The molecule has 0 aliphatic rings. The van der Waals surface area contributed by atoms with Gasteiger partial charge in [0.25, 0.3) is 0 Å². The van der Waals surface area contributed by atoms with Gasteiger partial charge >= 0.3 is 0 Å². The molecule has 0 saturated carbocycles. The molecule has 0 bridgehead atoms. The predicted octanol–water partition coefficient (Wildman–Crippen LogP) is 4.17. The second-order valence-corrected chi connectivity index (χ2v) is 4.19. The van der Waals surface area contributed by atoms with E-state index in [1.54, 1.807) is 6.08 Å². The number of allylic oxidation sites excluding steroid dienone is 1. The zero-order chi connectivity index (χ0) is 12.8. The van der Waals surface area contributed by atoms with E-state index >= 15 is 0 Å². The third kappa shape index (κ3) is 3.31.